The molecule has 1 atom stereocenters. The Labute approximate surface area is 114 Å². The zero-order chi connectivity index (χ0) is 14.9. The molecule has 1 saturated heterocycles. The van der Waals surface area contributed by atoms with E-state index in [1.807, 2.05) is 0 Å². The van der Waals surface area contributed by atoms with Gasteiger partial charge in [0.25, 0.3) is 0 Å². The van der Waals surface area contributed by atoms with Crippen molar-refractivity contribution in [2.75, 3.05) is 24.5 Å². The van der Waals surface area contributed by atoms with E-state index in [4.69, 9.17) is 5.11 Å². The highest BCUT2D eigenvalue weighted by Crippen LogP contribution is 2.32. The second-order valence-electron chi connectivity index (χ2n) is 4.82. The van der Waals surface area contributed by atoms with Crippen LogP contribution in [0.25, 0.3) is 0 Å². The van der Waals surface area contributed by atoms with Crippen LogP contribution in [0.4, 0.5) is 23.7 Å². The molecule has 1 aliphatic heterocycles. The number of hydrogen-bond acceptors (Lipinski definition) is 2. The third-order valence-electron chi connectivity index (χ3n) is 3.40. The number of anilines is 1. The monoisotopic (exact) mass is 288 g/mol. The third-order valence-corrected chi connectivity index (χ3v) is 3.40. The van der Waals surface area contributed by atoms with Gasteiger partial charge in [-0.2, -0.15) is 13.2 Å². The summed E-state index contributed by atoms with van der Waals surface area (Å²) in [5.41, 5.74) is -0.222. The van der Waals surface area contributed by atoms with Crippen molar-refractivity contribution in [3.63, 3.8) is 0 Å². The fourth-order valence-electron chi connectivity index (χ4n) is 2.38. The summed E-state index contributed by atoms with van der Waals surface area (Å²) in [5, 5.41) is 8.92. The lowest BCUT2D eigenvalue weighted by atomic mass is 10.1. The minimum absolute atomic E-state index is 0.164. The average molecular weight is 288 g/mol. The number of halogens is 3. The smallest absolute Gasteiger partial charge is 0.416 e. The first-order chi connectivity index (χ1) is 9.29. The van der Waals surface area contributed by atoms with E-state index in [9.17, 15) is 18.0 Å². The number of carbonyl (C=O) groups is 1. The first kappa shape index (κ1) is 14.5. The van der Waals surface area contributed by atoms with Crippen LogP contribution < -0.4 is 4.90 Å². The first-order valence-electron chi connectivity index (χ1n) is 6.21. The Kier molecular flexibility index (Phi) is 3.78. The number of amides is 1. The minimum Gasteiger partial charge on any atom is -0.465 e. The van der Waals surface area contributed by atoms with Gasteiger partial charge in [0.05, 0.1) is 5.56 Å². The molecule has 4 nitrogen and oxygen atoms in total. The molecule has 0 spiro atoms. The van der Waals surface area contributed by atoms with E-state index in [1.165, 1.54) is 11.0 Å². The molecule has 1 N–H and O–H groups in total. The highest BCUT2D eigenvalue weighted by molar-refractivity contribution is 5.66. The van der Waals surface area contributed by atoms with E-state index in [0.29, 0.717) is 12.2 Å². The van der Waals surface area contributed by atoms with Crippen LogP contribution in [0.2, 0.25) is 0 Å². The van der Waals surface area contributed by atoms with E-state index >= 15 is 0 Å². The summed E-state index contributed by atoms with van der Waals surface area (Å²) >= 11 is 0. The topological polar surface area (TPSA) is 43.8 Å². The Morgan fingerprint density at radius 2 is 2.05 bits per heavy atom. The lowest BCUT2D eigenvalue weighted by Crippen LogP contribution is -2.53. The van der Waals surface area contributed by atoms with Crippen molar-refractivity contribution in [1.29, 1.82) is 0 Å². The van der Waals surface area contributed by atoms with Gasteiger partial charge in [-0.05, 0) is 25.1 Å². The van der Waals surface area contributed by atoms with Gasteiger partial charge in [-0.3, -0.25) is 0 Å². The molecule has 7 heteroatoms. The number of carboxylic acid groups (broad SMARTS) is 1. The second-order valence-corrected chi connectivity index (χ2v) is 4.82. The SMILES string of the molecule is C[C@@H]1CN(C(=O)O)CCN1c1cccc(C(F)(F)F)c1. The van der Waals surface area contributed by atoms with Crippen LogP contribution >= 0.6 is 0 Å². The van der Waals surface area contributed by atoms with Gasteiger partial charge in [-0.15, -0.1) is 0 Å². The fraction of sp³-hybridized carbons (Fsp3) is 0.462. The van der Waals surface area contributed by atoms with Crippen molar-refractivity contribution in [3.05, 3.63) is 29.8 Å². The molecule has 0 saturated carbocycles. The Balaban J connectivity index is 2.19. The van der Waals surface area contributed by atoms with Gasteiger partial charge in [-0.1, -0.05) is 6.07 Å². The summed E-state index contributed by atoms with van der Waals surface area (Å²) in [6.07, 6.45) is -5.37. The molecule has 110 valence electrons. The molecule has 0 aliphatic carbocycles. The summed E-state index contributed by atoms with van der Waals surface area (Å²) in [7, 11) is 0. The predicted octanol–water partition coefficient (Wildman–Crippen LogP) is 2.89. The molecule has 1 fully saturated rings. The van der Waals surface area contributed by atoms with Crippen LogP contribution in [0.5, 0.6) is 0 Å². The standard InChI is InChI=1S/C13H15F3N2O2/c1-9-8-17(12(19)20)5-6-18(9)11-4-2-3-10(7-11)13(14,15)16/h2-4,7,9H,5-6,8H2,1H3,(H,19,20)/t9-/m1/s1. The van der Waals surface area contributed by atoms with Crippen molar-refractivity contribution >= 4 is 11.8 Å². The molecule has 1 heterocycles. The molecular formula is C13H15F3N2O2. The molecule has 0 bridgehead atoms. The normalized spacial score (nSPS) is 20.1. The Morgan fingerprint density at radius 1 is 1.35 bits per heavy atom. The van der Waals surface area contributed by atoms with E-state index in [0.717, 1.165) is 12.1 Å². The lowest BCUT2D eigenvalue weighted by Gasteiger charge is -2.40. The van der Waals surface area contributed by atoms with E-state index in [1.54, 1.807) is 17.9 Å². The van der Waals surface area contributed by atoms with E-state index in [-0.39, 0.29) is 19.1 Å². The molecule has 2 rings (SSSR count). The summed E-state index contributed by atoms with van der Waals surface area (Å²) in [6.45, 7) is 2.76. The number of nitrogens with zero attached hydrogens (tertiary/aromatic N) is 2. The van der Waals surface area contributed by atoms with Crippen LogP contribution in [0.1, 0.15) is 12.5 Å². The van der Waals surface area contributed by atoms with Gasteiger partial charge in [0.2, 0.25) is 0 Å². The molecule has 0 unspecified atom stereocenters. The zero-order valence-electron chi connectivity index (χ0n) is 10.9. The zero-order valence-corrected chi connectivity index (χ0v) is 10.9. The number of piperazine rings is 1. The summed E-state index contributed by atoms with van der Waals surface area (Å²) in [5.74, 6) is 0. The van der Waals surface area contributed by atoms with Crippen LogP contribution in [-0.4, -0.2) is 41.8 Å². The molecular weight excluding hydrogens is 273 g/mol. The van der Waals surface area contributed by atoms with Crippen molar-refractivity contribution < 1.29 is 23.1 Å². The van der Waals surface area contributed by atoms with Crippen LogP contribution in [-0.2, 0) is 6.18 Å². The Morgan fingerprint density at radius 3 is 2.60 bits per heavy atom. The van der Waals surface area contributed by atoms with Gasteiger partial charge in [0, 0.05) is 31.4 Å². The molecule has 20 heavy (non-hydrogen) atoms. The molecule has 1 aromatic carbocycles. The molecule has 1 amide bonds. The Bertz CT molecular complexity index is 505. The largest absolute Gasteiger partial charge is 0.465 e. The van der Waals surface area contributed by atoms with Gasteiger partial charge < -0.3 is 14.9 Å². The number of benzene rings is 1. The third kappa shape index (κ3) is 2.97. The van der Waals surface area contributed by atoms with Gasteiger partial charge in [0.1, 0.15) is 0 Å². The highest BCUT2D eigenvalue weighted by atomic mass is 19.4. The van der Waals surface area contributed by atoms with Crippen LogP contribution in [0, 0.1) is 0 Å². The van der Waals surface area contributed by atoms with Crippen molar-refractivity contribution in [2.24, 2.45) is 0 Å². The average Bonchev–Trinajstić information content (AvgIpc) is 2.37. The maximum atomic E-state index is 12.7. The fourth-order valence-corrected chi connectivity index (χ4v) is 2.38. The van der Waals surface area contributed by atoms with Crippen LogP contribution in [0.3, 0.4) is 0 Å². The minimum atomic E-state index is -4.37. The maximum Gasteiger partial charge on any atom is 0.416 e. The van der Waals surface area contributed by atoms with Crippen molar-refractivity contribution in [3.8, 4) is 0 Å². The lowest BCUT2D eigenvalue weighted by molar-refractivity contribution is -0.137. The second kappa shape index (κ2) is 5.22. The highest BCUT2D eigenvalue weighted by Gasteiger charge is 2.32. The summed E-state index contributed by atoms with van der Waals surface area (Å²) in [4.78, 5) is 14.0. The van der Waals surface area contributed by atoms with Gasteiger partial charge >= 0.3 is 12.3 Å². The maximum absolute atomic E-state index is 12.7. The van der Waals surface area contributed by atoms with E-state index < -0.39 is 17.8 Å². The van der Waals surface area contributed by atoms with Crippen molar-refractivity contribution in [1.82, 2.24) is 4.90 Å². The van der Waals surface area contributed by atoms with Gasteiger partial charge in [0.15, 0.2) is 0 Å². The quantitative estimate of drug-likeness (QED) is 0.864. The number of alkyl halides is 3. The summed E-state index contributed by atoms with van der Waals surface area (Å²) in [6, 6.07) is 4.95. The Hall–Kier alpha value is -1.92. The van der Waals surface area contributed by atoms with Crippen LogP contribution in [0.15, 0.2) is 24.3 Å². The first-order valence-corrected chi connectivity index (χ1v) is 6.21. The molecule has 0 aromatic heterocycles. The molecule has 1 aliphatic rings. The van der Waals surface area contributed by atoms with Crippen molar-refractivity contribution in [2.45, 2.75) is 19.1 Å². The van der Waals surface area contributed by atoms with E-state index in [2.05, 4.69) is 0 Å². The molecule has 0 radical (unpaired) electrons. The van der Waals surface area contributed by atoms with Gasteiger partial charge in [-0.25, -0.2) is 4.79 Å². The predicted molar refractivity (Wildman–Crippen MR) is 67.8 cm³/mol. The number of rotatable bonds is 1. The summed E-state index contributed by atoms with van der Waals surface area (Å²) < 4.78 is 38.1. The number of hydrogen-bond donors (Lipinski definition) is 1. The molecule has 1 aromatic rings.